The van der Waals surface area contributed by atoms with Crippen molar-refractivity contribution in [2.75, 3.05) is 32.9 Å². The fourth-order valence-electron chi connectivity index (χ4n) is 5.95. The molecule has 2 aliphatic heterocycles. The van der Waals surface area contributed by atoms with Crippen molar-refractivity contribution in [2.45, 2.75) is 44.6 Å². The number of Topliss-reactive ketones (excluding diaryl/α,β-unsaturated/α-hetero) is 1. The average molecular weight is 508 g/mol. The van der Waals surface area contributed by atoms with Crippen LogP contribution in [-0.4, -0.2) is 49.6 Å². The number of ketones is 1. The van der Waals surface area contributed by atoms with Gasteiger partial charge in [-0.15, -0.1) is 0 Å². The van der Waals surface area contributed by atoms with E-state index in [1.807, 2.05) is 18.2 Å². The molecule has 172 valence electrons. The molecule has 2 heterocycles. The quantitative estimate of drug-likeness (QED) is 0.553. The number of hydrogen-bond donors (Lipinski definition) is 0. The first-order chi connectivity index (χ1) is 15.9. The van der Waals surface area contributed by atoms with Crippen molar-refractivity contribution in [2.24, 2.45) is 5.92 Å². The van der Waals surface area contributed by atoms with Crippen LogP contribution in [0.2, 0.25) is 0 Å². The Hall–Kier alpha value is -1.95. The highest BCUT2D eigenvalue weighted by atomic mass is 79.9. The van der Waals surface area contributed by atoms with E-state index in [9.17, 15) is 4.79 Å². The van der Waals surface area contributed by atoms with Gasteiger partial charge in [0, 0.05) is 21.0 Å². The van der Waals surface area contributed by atoms with Crippen molar-refractivity contribution in [3.63, 3.8) is 0 Å². The third-order valence-electron chi connectivity index (χ3n) is 8.17. The van der Waals surface area contributed by atoms with Crippen molar-refractivity contribution in [1.82, 2.24) is 4.90 Å². The van der Waals surface area contributed by atoms with Gasteiger partial charge in [-0.05, 0) is 90.9 Å². The molecule has 0 spiro atoms. The number of ether oxygens (including phenoxy) is 2. The maximum atomic E-state index is 13.5. The lowest BCUT2D eigenvalue weighted by Crippen LogP contribution is -2.52. The second kappa shape index (κ2) is 8.07. The minimum absolute atomic E-state index is 0.152. The zero-order chi connectivity index (χ0) is 22.7. The molecule has 0 unspecified atom stereocenters. The molecule has 0 aromatic heterocycles. The molecule has 0 bridgehead atoms. The van der Waals surface area contributed by atoms with Crippen LogP contribution < -0.4 is 4.74 Å². The van der Waals surface area contributed by atoms with E-state index in [0.717, 1.165) is 71.8 Å². The molecule has 0 N–H and O–H groups in total. The summed E-state index contributed by atoms with van der Waals surface area (Å²) >= 11 is 3.58. The Morgan fingerprint density at radius 2 is 1.85 bits per heavy atom. The highest BCUT2D eigenvalue weighted by Crippen LogP contribution is 2.50. The van der Waals surface area contributed by atoms with Gasteiger partial charge in [0.25, 0.3) is 0 Å². The molecule has 0 atom stereocenters. The lowest BCUT2D eigenvalue weighted by molar-refractivity contribution is -0.0750. The summed E-state index contributed by atoms with van der Waals surface area (Å²) in [5.41, 5.74) is 6.18. The van der Waals surface area contributed by atoms with Crippen LogP contribution in [0.5, 0.6) is 5.75 Å². The summed E-state index contributed by atoms with van der Waals surface area (Å²) in [5.74, 6) is 1.62. The Morgan fingerprint density at radius 1 is 1.09 bits per heavy atom. The van der Waals surface area contributed by atoms with E-state index >= 15 is 0 Å². The molecule has 2 aromatic rings. The molecule has 4 aliphatic rings. The summed E-state index contributed by atoms with van der Waals surface area (Å²) in [6, 6.07) is 13.0. The zero-order valence-electron chi connectivity index (χ0n) is 19.3. The van der Waals surface area contributed by atoms with Crippen LogP contribution >= 0.6 is 15.9 Å². The van der Waals surface area contributed by atoms with Crippen molar-refractivity contribution in [3.05, 3.63) is 68.7 Å². The first kappa shape index (κ1) is 21.6. The van der Waals surface area contributed by atoms with Crippen LogP contribution in [0.25, 0.3) is 5.57 Å². The van der Waals surface area contributed by atoms with Gasteiger partial charge in [0.2, 0.25) is 0 Å². The molecule has 33 heavy (non-hydrogen) atoms. The lowest BCUT2D eigenvalue weighted by atomic mass is 9.68. The molecule has 2 aliphatic carbocycles. The van der Waals surface area contributed by atoms with Gasteiger partial charge < -0.3 is 9.47 Å². The fourth-order valence-corrected chi connectivity index (χ4v) is 6.35. The summed E-state index contributed by atoms with van der Waals surface area (Å²) in [6.45, 7) is 9.31. The normalized spacial score (nSPS) is 22.6. The number of nitrogens with zero attached hydrogens (tertiary/aromatic N) is 1. The lowest BCUT2D eigenvalue weighted by Gasteiger charge is -2.41. The van der Waals surface area contributed by atoms with Gasteiger partial charge in [-0.2, -0.15) is 0 Å². The van der Waals surface area contributed by atoms with E-state index in [0.29, 0.717) is 12.0 Å². The van der Waals surface area contributed by atoms with Gasteiger partial charge in [0.15, 0.2) is 5.78 Å². The van der Waals surface area contributed by atoms with Crippen LogP contribution in [0.1, 0.15) is 53.7 Å². The van der Waals surface area contributed by atoms with Gasteiger partial charge in [-0.25, -0.2) is 0 Å². The molecular formula is C28H30BrNO3. The second-order valence-electron chi connectivity index (χ2n) is 10.5. The topological polar surface area (TPSA) is 38.8 Å². The minimum Gasteiger partial charge on any atom is -0.493 e. The molecular weight excluding hydrogens is 478 g/mol. The van der Waals surface area contributed by atoms with E-state index in [-0.39, 0.29) is 11.2 Å². The number of likely N-dealkylation sites (tertiary alicyclic amines) is 1. The third kappa shape index (κ3) is 3.60. The largest absolute Gasteiger partial charge is 0.493 e. The van der Waals surface area contributed by atoms with Crippen LogP contribution in [0, 0.1) is 5.92 Å². The monoisotopic (exact) mass is 507 g/mol. The molecule has 2 saturated heterocycles. The van der Waals surface area contributed by atoms with Crippen LogP contribution in [0.3, 0.4) is 0 Å². The van der Waals surface area contributed by atoms with Gasteiger partial charge in [-0.1, -0.05) is 35.8 Å². The summed E-state index contributed by atoms with van der Waals surface area (Å²) in [4.78, 5) is 16.1. The van der Waals surface area contributed by atoms with Crippen LogP contribution in [0.15, 0.2) is 46.4 Å². The summed E-state index contributed by atoms with van der Waals surface area (Å²) in [5, 5.41) is 0. The predicted octanol–water partition coefficient (Wildman–Crippen LogP) is 5.42. The highest BCUT2D eigenvalue weighted by molar-refractivity contribution is 9.10. The third-order valence-corrected chi connectivity index (χ3v) is 8.66. The predicted molar refractivity (Wildman–Crippen MR) is 133 cm³/mol. The Kier molecular flexibility index (Phi) is 5.28. The number of hydrogen-bond acceptors (Lipinski definition) is 4. The van der Waals surface area contributed by atoms with Gasteiger partial charge >= 0.3 is 0 Å². The molecule has 6 rings (SSSR count). The molecule has 2 fully saturated rings. The minimum atomic E-state index is -0.209. The van der Waals surface area contributed by atoms with Crippen LogP contribution in [0.4, 0.5) is 0 Å². The van der Waals surface area contributed by atoms with E-state index in [2.05, 4.69) is 52.9 Å². The number of halogens is 1. The first-order valence-electron chi connectivity index (χ1n) is 12.1. The van der Waals surface area contributed by atoms with E-state index in [4.69, 9.17) is 9.47 Å². The maximum absolute atomic E-state index is 13.5. The molecule has 0 radical (unpaired) electrons. The second-order valence-corrected chi connectivity index (χ2v) is 11.4. The SMILES string of the molecule is CC1(C)C2=C(C(=O)c3ccc(OCC4CCN(C5COC5)CC4)cc31)c1ccc(Br)cc1C2. The van der Waals surface area contributed by atoms with Crippen LogP contribution in [-0.2, 0) is 16.6 Å². The number of carbonyl (C=O) groups excluding carboxylic acids is 1. The number of rotatable bonds is 4. The molecule has 0 amide bonds. The smallest absolute Gasteiger partial charge is 0.193 e. The zero-order valence-corrected chi connectivity index (χ0v) is 20.9. The molecule has 2 aromatic carbocycles. The Morgan fingerprint density at radius 3 is 2.58 bits per heavy atom. The Balaban J connectivity index is 1.19. The van der Waals surface area contributed by atoms with Gasteiger partial charge in [0.05, 0.1) is 25.9 Å². The van der Waals surface area contributed by atoms with Gasteiger partial charge in [-0.3, -0.25) is 9.69 Å². The first-order valence-corrected chi connectivity index (χ1v) is 12.9. The van der Waals surface area contributed by atoms with Crippen molar-refractivity contribution >= 4 is 27.3 Å². The number of carbonyl (C=O) groups is 1. The maximum Gasteiger partial charge on any atom is 0.193 e. The van der Waals surface area contributed by atoms with E-state index in [1.54, 1.807) is 0 Å². The standard InChI is InChI=1S/C28H30BrNO3/c1-28(2)24-13-21(33-14-17-7-9-30(10-8-17)20-15-32-16-20)4-6-23(24)27(31)26-22-5-3-19(29)11-18(22)12-25(26)28/h3-6,11,13,17,20H,7-10,12,14-16H2,1-2H3. The Labute approximate surface area is 204 Å². The number of piperidine rings is 1. The fraction of sp³-hybridized carbons (Fsp3) is 0.464. The van der Waals surface area contributed by atoms with Crippen molar-refractivity contribution < 1.29 is 14.3 Å². The van der Waals surface area contributed by atoms with Gasteiger partial charge in [0.1, 0.15) is 5.75 Å². The highest BCUT2D eigenvalue weighted by Gasteiger charge is 2.43. The molecule has 0 saturated carbocycles. The number of benzene rings is 2. The molecule has 5 heteroatoms. The Bertz CT molecular complexity index is 1160. The summed E-state index contributed by atoms with van der Waals surface area (Å²) < 4.78 is 12.7. The number of allylic oxidation sites excluding steroid dienone is 2. The van der Waals surface area contributed by atoms with Crippen molar-refractivity contribution in [3.8, 4) is 5.75 Å². The van der Waals surface area contributed by atoms with E-state index in [1.165, 1.54) is 24.0 Å². The van der Waals surface area contributed by atoms with Crippen molar-refractivity contribution in [1.29, 1.82) is 0 Å². The average Bonchev–Trinajstić information content (AvgIpc) is 3.16. The summed E-state index contributed by atoms with van der Waals surface area (Å²) in [6.07, 6.45) is 3.18. The number of fused-ring (bicyclic) bond motifs is 3. The molecule has 4 nitrogen and oxygen atoms in total. The summed E-state index contributed by atoms with van der Waals surface area (Å²) in [7, 11) is 0. The van der Waals surface area contributed by atoms with E-state index < -0.39 is 0 Å².